The van der Waals surface area contributed by atoms with Crippen LogP contribution in [0.5, 0.6) is 5.75 Å². The van der Waals surface area contributed by atoms with Crippen LogP contribution in [0, 0.1) is 6.92 Å². The van der Waals surface area contributed by atoms with Crippen LogP contribution in [0.2, 0.25) is 0 Å². The van der Waals surface area contributed by atoms with Crippen LogP contribution in [0.4, 0.5) is 13.2 Å². The van der Waals surface area contributed by atoms with E-state index >= 15 is 0 Å². The van der Waals surface area contributed by atoms with Gasteiger partial charge in [0.1, 0.15) is 5.75 Å². The number of halogens is 4. The molecule has 1 N–H and O–H groups in total. The zero-order valence-corrected chi connectivity index (χ0v) is 8.20. The average molecular weight is 255 g/mol. The van der Waals surface area contributed by atoms with Crippen molar-refractivity contribution in [1.29, 1.82) is 0 Å². The molecule has 1 nitrogen and oxygen atoms in total. The van der Waals surface area contributed by atoms with Crippen LogP contribution < -0.4 is 0 Å². The molecule has 1 aromatic carbocycles. The summed E-state index contributed by atoms with van der Waals surface area (Å²) in [5.74, 6) is -0.351. The summed E-state index contributed by atoms with van der Waals surface area (Å²) in [7, 11) is 0. The summed E-state index contributed by atoms with van der Waals surface area (Å²) in [5, 5.41) is 9.07. The van der Waals surface area contributed by atoms with E-state index in [4.69, 9.17) is 5.11 Å². The second-order valence-corrected chi connectivity index (χ2v) is 3.42. The van der Waals surface area contributed by atoms with Gasteiger partial charge in [-0.2, -0.15) is 13.2 Å². The summed E-state index contributed by atoms with van der Waals surface area (Å²) < 4.78 is 37.0. The summed E-state index contributed by atoms with van der Waals surface area (Å²) in [4.78, 5) is 0. The molecule has 0 saturated heterocycles. The van der Waals surface area contributed by atoms with E-state index in [0.29, 0.717) is 0 Å². The third-order valence-electron chi connectivity index (χ3n) is 1.67. The van der Waals surface area contributed by atoms with E-state index in [1.54, 1.807) is 0 Å². The molecule has 72 valence electrons. The fourth-order valence-electron chi connectivity index (χ4n) is 1.02. The minimum atomic E-state index is -4.44. The molecule has 13 heavy (non-hydrogen) atoms. The Hall–Kier alpha value is -0.710. The Morgan fingerprint density at radius 2 is 1.85 bits per heavy atom. The van der Waals surface area contributed by atoms with Gasteiger partial charge >= 0.3 is 6.18 Å². The molecule has 0 aromatic heterocycles. The van der Waals surface area contributed by atoms with E-state index in [1.807, 2.05) is 0 Å². The van der Waals surface area contributed by atoms with Crippen LogP contribution in [0.15, 0.2) is 16.6 Å². The molecule has 0 aliphatic heterocycles. The minimum absolute atomic E-state index is 0.0599. The van der Waals surface area contributed by atoms with Crippen molar-refractivity contribution in [2.45, 2.75) is 13.1 Å². The van der Waals surface area contributed by atoms with Crippen molar-refractivity contribution in [3.05, 3.63) is 27.7 Å². The highest BCUT2D eigenvalue weighted by Crippen LogP contribution is 2.39. The van der Waals surface area contributed by atoms with Gasteiger partial charge in [0.2, 0.25) is 0 Å². The topological polar surface area (TPSA) is 20.2 Å². The van der Waals surface area contributed by atoms with Crippen LogP contribution >= 0.6 is 15.9 Å². The zero-order chi connectivity index (χ0) is 10.2. The minimum Gasteiger partial charge on any atom is -0.508 e. The highest BCUT2D eigenvalue weighted by Gasteiger charge is 2.35. The molecule has 1 aromatic rings. The monoisotopic (exact) mass is 254 g/mol. The smallest absolute Gasteiger partial charge is 0.417 e. The van der Waals surface area contributed by atoms with Gasteiger partial charge in [0, 0.05) is 10.0 Å². The fourth-order valence-corrected chi connectivity index (χ4v) is 1.67. The lowest BCUT2D eigenvalue weighted by molar-refractivity contribution is -0.138. The molecular formula is C8H6BrF3O. The van der Waals surface area contributed by atoms with Crippen LogP contribution in [0.1, 0.15) is 11.1 Å². The van der Waals surface area contributed by atoms with Crippen molar-refractivity contribution < 1.29 is 18.3 Å². The van der Waals surface area contributed by atoms with Crippen molar-refractivity contribution in [3.63, 3.8) is 0 Å². The number of aromatic hydroxyl groups is 1. The normalized spacial score (nSPS) is 11.8. The standard InChI is InChI=1S/C8H6BrF3O/c1-4-6(13)3-2-5(9)7(4)8(10,11)12/h2-3,13H,1H3. The SMILES string of the molecule is Cc1c(O)ccc(Br)c1C(F)(F)F. The molecule has 0 saturated carbocycles. The Kier molecular flexibility index (Phi) is 2.56. The predicted molar refractivity (Wildman–Crippen MR) is 45.5 cm³/mol. The molecule has 0 bridgehead atoms. The van der Waals surface area contributed by atoms with E-state index in [2.05, 4.69) is 15.9 Å². The molecule has 0 aliphatic rings. The van der Waals surface area contributed by atoms with Crippen molar-refractivity contribution in [2.75, 3.05) is 0 Å². The molecule has 0 atom stereocenters. The number of phenols is 1. The average Bonchev–Trinajstić information content (AvgIpc) is 1.95. The first-order valence-electron chi connectivity index (χ1n) is 3.39. The lowest BCUT2D eigenvalue weighted by atomic mass is 10.1. The number of phenolic OH excluding ortho intramolecular Hbond substituents is 1. The summed E-state index contributed by atoms with van der Waals surface area (Å²) in [6.07, 6.45) is -4.44. The van der Waals surface area contributed by atoms with Gasteiger partial charge < -0.3 is 5.11 Å². The molecular weight excluding hydrogens is 249 g/mol. The van der Waals surface area contributed by atoms with Crippen LogP contribution in [-0.4, -0.2) is 5.11 Å². The van der Waals surface area contributed by atoms with Gasteiger partial charge in [0.15, 0.2) is 0 Å². The summed E-state index contributed by atoms with van der Waals surface area (Å²) >= 11 is 2.79. The van der Waals surface area contributed by atoms with Crippen LogP contribution in [0.25, 0.3) is 0 Å². The highest BCUT2D eigenvalue weighted by molar-refractivity contribution is 9.10. The van der Waals surface area contributed by atoms with Crippen molar-refractivity contribution >= 4 is 15.9 Å². The summed E-state index contributed by atoms with van der Waals surface area (Å²) in [6.45, 7) is 1.23. The zero-order valence-electron chi connectivity index (χ0n) is 6.61. The second-order valence-electron chi connectivity index (χ2n) is 2.56. The lowest BCUT2D eigenvalue weighted by Gasteiger charge is -2.12. The molecule has 0 fully saturated rings. The molecule has 0 amide bonds. The van der Waals surface area contributed by atoms with Gasteiger partial charge in [-0.25, -0.2) is 0 Å². The predicted octanol–water partition coefficient (Wildman–Crippen LogP) is 3.48. The third-order valence-corrected chi connectivity index (χ3v) is 2.33. The Labute approximate surface area is 81.3 Å². The first-order valence-corrected chi connectivity index (χ1v) is 4.18. The largest absolute Gasteiger partial charge is 0.508 e. The molecule has 0 unspecified atom stereocenters. The second kappa shape index (κ2) is 3.21. The molecule has 0 spiro atoms. The van der Waals surface area contributed by atoms with E-state index in [9.17, 15) is 13.2 Å². The molecule has 0 radical (unpaired) electrons. The Morgan fingerprint density at radius 1 is 1.31 bits per heavy atom. The van der Waals surface area contributed by atoms with Gasteiger partial charge in [0.25, 0.3) is 0 Å². The highest BCUT2D eigenvalue weighted by atomic mass is 79.9. The van der Waals surface area contributed by atoms with Crippen molar-refractivity contribution in [2.24, 2.45) is 0 Å². The van der Waals surface area contributed by atoms with E-state index in [0.717, 1.165) is 0 Å². The molecule has 0 aliphatic carbocycles. The molecule has 5 heteroatoms. The van der Waals surface area contributed by atoms with Gasteiger partial charge in [-0.15, -0.1) is 0 Å². The quantitative estimate of drug-likeness (QED) is 0.752. The van der Waals surface area contributed by atoms with Crippen LogP contribution in [-0.2, 0) is 6.18 Å². The Morgan fingerprint density at radius 3 is 2.23 bits per heavy atom. The van der Waals surface area contributed by atoms with Gasteiger partial charge in [-0.1, -0.05) is 15.9 Å². The van der Waals surface area contributed by atoms with E-state index < -0.39 is 11.7 Å². The maximum absolute atomic E-state index is 12.3. The van der Waals surface area contributed by atoms with Crippen molar-refractivity contribution in [3.8, 4) is 5.75 Å². The van der Waals surface area contributed by atoms with E-state index in [1.165, 1.54) is 19.1 Å². The first kappa shape index (κ1) is 10.4. The van der Waals surface area contributed by atoms with Gasteiger partial charge in [-0.05, 0) is 19.1 Å². The summed E-state index contributed by atoms with van der Waals surface area (Å²) in [5.41, 5.74) is -0.991. The summed E-state index contributed by atoms with van der Waals surface area (Å²) in [6, 6.07) is 2.39. The molecule has 0 heterocycles. The van der Waals surface area contributed by atoms with Crippen molar-refractivity contribution in [1.82, 2.24) is 0 Å². The Bertz CT molecular complexity index is 333. The van der Waals surface area contributed by atoms with E-state index in [-0.39, 0.29) is 15.8 Å². The maximum Gasteiger partial charge on any atom is 0.417 e. The number of rotatable bonds is 0. The first-order chi connectivity index (χ1) is 5.84. The fraction of sp³-hybridized carbons (Fsp3) is 0.250. The third kappa shape index (κ3) is 1.96. The Balaban J connectivity index is 3.43. The number of alkyl halides is 3. The number of benzene rings is 1. The number of hydrogen-bond acceptors (Lipinski definition) is 1. The maximum atomic E-state index is 12.3. The molecule has 1 rings (SSSR count). The van der Waals surface area contributed by atoms with Gasteiger partial charge in [-0.3, -0.25) is 0 Å². The van der Waals surface area contributed by atoms with Gasteiger partial charge in [0.05, 0.1) is 5.56 Å². The number of hydrogen-bond donors (Lipinski definition) is 1. The van der Waals surface area contributed by atoms with Crippen LogP contribution in [0.3, 0.4) is 0 Å². The lowest BCUT2D eigenvalue weighted by Crippen LogP contribution is -2.08.